The van der Waals surface area contributed by atoms with Gasteiger partial charge in [-0.2, -0.15) is 0 Å². The molecule has 5 heteroatoms. The maximum atomic E-state index is 7.88. The minimum absolute atomic E-state index is 0.135. The van der Waals surface area contributed by atoms with Crippen LogP contribution in [0.4, 0.5) is 5.69 Å². The van der Waals surface area contributed by atoms with Crippen LogP contribution in [0.3, 0.4) is 0 Å². The molecule has 20 heavy (non-hydrogen) atoms. The highest BCUT2D eigenvalue weighted by Gasteiger charge is 2.21. The fourth-order valence-electron chi connectivity index (χ4n) is 2.66. The van der Waals surface area contributed by atoms with Crippen LogP contribution in [0.5, 0.6) is 0 Å². The number of likely N-dealkylation sites (N-methyl/N-ethyl adjacent to an activating group) is 1. The fourth-order valence-corrected chi connectivity index (χ4v) is 3.29. The summed E-state index contributed by atoms with van der Waals surface area (Å²) in [5.41, 5.74) is 7.69. The lowest BCUT2D eigenvalue weighted by Crippen LogP contribution is -2.33. The first-order valence-corrected chi connectivity index (χ1v) is 8.27. The van der Waals surface area contributed by atoms with Gasteiger partial charge in [0.1, 0.15) is 5.84 Å². The van der Waals surface area contributed by atoms with E-state index < -0.39 is 0 Å². The minimum atomic E-state index is 0.135. The molecule has 1 fully saturated rings. The standard InChI is InChI=1S/C15H23N3OS/c1-3-18(10-11-6-5-9-19-11)12-7-4-8-13(20-2)14(12)15(16)17/h4,7-8,11H,3,5-6,9-10H2,1-2H3,(H3,16,17). The number of nitrogens with one attached hydrogen (secondary N) is 1. The summed E-state index contributed by atoms with van der Waals surface area (Å²) in [6, 6.07) is 6.10. The number of nitrogens with zero attached hydrogens (tertiary/aromatic N) is 1. The molecule has 4 nitrogen and oxygen atoms in total. The van der Waals surface area contributed by atoms with E-state index in [2.05, 4.69) is 17.9 Å². The van der Waals surface area contributed by atoms with Crippen LogP contribution in [0.2, 0.25) is 0 Å². The predicted molar refractivity (Wildman–Crippen MR) is 86.1 cm³/mol. The van der Waals surface area contributed by atoms with Gasteiger partial charge in [0.15, 0.2) is 0 Å². The van der Waals surface area contributed by atoms with E-state index >= 15 is 0 Å². The van der Waals surface area contributed by atoms with Crippen LogP contribution in [0.15, 0.2) is 23.1 Å². The normalized spacial score (nSPS) is 18.2. The fraction of sp³-hybridized carbons (Fsp3) is 0.533. The molecule has 0 radical (unpaired) electrons. The van der Waals surface area contributed by atoms with E-state index in [9.17, 15) is 0 Å². The van der Waals surface area contributed by atoms with Crippen LogP contribution >= 0.6 is 11.8 Å². The Morgan fingerprint density at radius 1 is 1.55 bits per heavy atom. The first-order valence-electron chi connectivity index (χ1n) is 7.05. The van der Waals surface area contributed by atoms with Gasteiger partial charge in [-0.25, -0.2) is 0 Å². The lowest BCUT2D eigenvalue weighted by Gasteiger charge is -2.28. The summed E-state index contributed by atoms with van der Waals surface area (Å²) in [7, 11) is 0. The van der Waals surface area contributed by atoms with Gasteiger partial charge in [0.25, 0.3) is 0 Å². The first-order chi connectivity index (χ1) is 9.67. The molecule has 1 aromatic carbocycles. The number of amidine groups is 1. The van der Waals surface area contributed by atoms with Crippen molar-refractivity contribution in [3.8, 4) is 0 Å². The van der Waals surface area contributed by atoms with Gasteiger partial charge in [-0.1, -0.05) is 6.07 Å². The number of thioether (sulfide) groups is 1. The lowest BCUT2D eigenvalue weighted by molar-refractivity contribution is 0.115. The zero-order chi connectivity index (χ0) is 14.5. The first kappa shape index (κ1) is 15.2. The molecule has 1 aromatic rings. The highest BCUT2D eigenvalue weighted by Crippen LogP contribution is 2.30. The molecule has 0 aliphatic carbocycles. The van der Waals surface area contributed by atoms with Gasteiger partial charge in [0, 0.05) is 30.3 Å². The van der Waals surface area contributed by atoms with E-state index in [0.29, 0.717) is 6.10 Å². The second kappa shape index (κ2) is 6.99. The topological polar surface area (TPSA) is 62.3 Å². The Kier molecular flexibility index (Phi) is 5.31. The molecule has 1 aliphatic heterocycles. The Bertz CT molecular complexity index is 472. The third-order valence-corrected chi connectivity index (χ3v) is 4.44. The maximum Gasteiger partial charge on any atom is 0.126 e. The van der Waals surface area contributed by atoms with Crippen molar-refractivity contribution in [1.29, 1.82) is 5.41 Å². The molecule has 1 atom stereocenters. The van der Waals surface area contributed by atoms with Gasteiger partial charge >= 0.3 is 0 Å². The molecule has 0 amide bonds. The molecule has 0 aromatic heterocycles. The van der Waals surface area contributed by atoms with E-state index in [-0.39, 0.29) is 5.84 Å². The van der Waals surface area contributed by atoms with Crippen LogP contribution in [0.25, 0.3) is 0 Å². The highest BCUT2D eigenvalue weighted by atomic mass is 32.2. The third kappa shape index (κ3) is 3.27. The average Bonchev–Trinajstić information content (AvgIpc) is 2.96. The van der Waals surface area contributed by atoms with Crippen molar-refractivity contribution >= 4 is 23.3 Å². The van der Waals surface area contributed by atoms with Crippen molar-refractivity contribution in [3.05, 3.63) is 23.8 Å². The lowest BCUT2D eigenvalue weighted by atomic mass is 10.1. The smallest absolute Gasteiger partial charge is 0.126 e. The van der Waals surface area contributed by atoms with Crippen molar-refractivity contribution in [2.45, 2.75) is 30.8 Å². The quantitative estimate of drug-likeness (QED) is 0.481. The van der Waals surface area contributed by atoms with Crippen molar-refractivity contribution in [3.63, 3.8) is 0 Å². The SMILES string of the molecule is CCN(CC1CCCO1)c1cccc(SC)c1C(=N)N. The van der Waals surface area contributed by atoms with E-state index in [1.54, 1.807) is 11.8 Å². The summed E-state index contributed by atoms with van der Waals surface area (Å²) < 4.78 is 5.73. The van der Waals surface area contributed by atoms with Crippen LogP contribution in [0, 0.1) is 5.41 Å². The largest absolute Gasteiger partial charge is 0.384 e. The molecule has 0 saturated carbocycles. The Morgan fingerprint density at radius 3 is 2.90 bits per heavy atom. The van der Waals surface area contributed by atoms with Crippen molar-refractivity contribution in [2.75, 3.05) is 30.9 Å². The highest BCUT2D eigenvalue weighted by molar-refractivity contribution is 7.98. The number of ether oxygens (including phenoxy) is 1. The second-order valence-corrected chi connectivity index (χ2v) is 5.79. The van der Waals surface area contributed by atoms with Crippen LogP contribution in [-0.4, -0.2) is 37.9 Å². The van der Waals surface area contributed by atoms with Crippen molar-refractivity contribution < 1.29 is 4.74 Å². The van der Waals surface area contributed by atoms with Gasteiger partial charge in [-0.05, 0) is 38.2 Å². The summed E-state index contributed by atoms with van der Waals surface area (Å²) in [5.74, 6) is 0.135. The van der Waals surface area contributed by atoms with Crippen LogP contribution in [-0.2, 0) is 4.74 Å². The van der Waals surface area contributed by atoms with Crippen molar-refractivity contribution in [1.82, 2.24) is 0 Å². The summed E-state index contributed by atoms with van der Waals surface area (Å²) in [5, 5.41) is 7.88. The number of nitrogens with two attached hydrogens (primary N) is 1. The number of benzene rings is 1. The van der Waals surface area contributed by atoms with Crippen molar-refractivity contribution in [2.24, 2.45) is 5.73 Å². The Balaban J connectivity index is 2.30. The molecule has 1 unspecified atom stereocenters. The molecule has 1 saturated heterocycles. The minimum Gasteiger partial charge on any atom is -0.384 e. The molecular formula is C15H23N3OS. The molecule has 1 aliphatic rings. The maximum absolute atomic E-state index is 7.88. The Labute approximate surface area is 125 Å². The summed E-state index contributed by atoms with van der Waals surface area (Å²) in [4.78, 5) is 3.33. The number of hydrogen-bond donors (Lipinski definition) is 2. The van der Waals surface area contributed by atoms with E-state index in [4.69, 9.17) is 15.9 Å². The molecule has 0 spiro atoms. The average molecular weight is 293 g/mol. The van der Waals surface area contributed by atoms with Gasteiger partial charge in [0.2, 0.25) is 0 Å². The molecule has 0 bridgehead atoms. The second-order valence-electron chi connectivity index (χ2n) is 4.94. The van der Waals surface area contributed by atoms with E-state index in [0.717, 1.165) is 48.7 Å². The van der Waals surface area contributed by atoms with Gasteiger partial charge in [0.05, 0.1) is 11.7 Å². The van der Waals surface area contributed by atoms with Gasteiger partial charge in [-0.3, -0.25) is 5.41 Å². The Morgan fingerprint density at radius 2 is 2.35 bits per heavy atom. The monoisotopic (exact) mass is 293 g/mol. The van der Waals surface area contributed by atoms with Crippen LogP contribution in [0.1, 0.15) is 25.3 Å². The molecule has 1 heterocycles. The summed E-state index contributed by atoms with van der Waals surface area (Å²) in [6.45, 7) is 4.75. The van der Waals surface area contributed by atoms with Crippen LogP contribution < -0.4 is 10.6 Å². The molecule has 3 N–H and O–H groups in total. The van der Waals surface area contributed by atoms with Gasteiger partial charge < -0.3 is 15.4 Å². The zero-order valence-corrected chi connectivity index (χ0v) is 13.0. The zero-order valence-electron chi connectivity index (χ0n) is 12.2. The summed E-state index contributed by atoms with van der Waals surface area (Å²) in [6.07, 6.45) is 4.58. The van der Waals surface area contributed by atoms with Gasteiger partial charge in [-0.15, -0.1) is 11.8 Å². The number of nitrogen functional groups attached to an aromatic ring is 1. The number of anilines is 1. The van der Waals surface area contributed by atoms with E-state index in [1.165, 1.54) is 0 Å². The third-order valence-electron chi connectivity index (χ3n) is 3.66. The molecule has 110 valence electrons. The summed E-state index contributed by atoms with van der Waals surface area (Å²) >= 11 is 1.63. The molecule has 2 rings (SSSR count). The predicted octanol–water partition coefficient (Wildman–Crippen LogP) is 2.70. The van der Waals surface area contributed by atoms with E-state index in [1.807, 2.05) is 18.4 Å². The number of rotatable bonds is 6. The Hall–Kier alpha value is -1.20. The number of hydrogen-bond acceptors (Lipinski definition) is 4. The molecular weight excluding hydrogens is 270 g/mol.